The molecule has 0 radical (unpaired) electrons. The molecule has 0 bridgehead atoms. The van der Waals surface area contributed by atoms with Crippen molar-refractivity contribution >= 4 is 0 Å². The van der Waals surface area contributed by atoms with Gasteiger partial charge in [0.05, 0.1) is 0 Å². The van der Waals surface area contributed by atoms with Gasteiger partial charge in [-0.25, -0.2) is 6.57 Å². The normalized spacial score (nSPS) is 16.5. The van der Waals surface area contributed by atoms with Gasteiger partial charge in [0.15, 0.2) is 0 Å². The Bertz CT molecular complexity index is 118. The molecule has 0 unspecified atom stereocenters. The van der Waals surface area contributed by atoms with Crippen molar-refractivity contribution < 1.29 is 4.74 Å². The molecule has 1 aliphatic heterocycles. The van der Waals surface area contributed by atoms with E-state index < -0.39 is 0 Å². The van der Waals surface area contributed by atoms with Gasteiger partial charge in [0.25, 0.3) is 0 Å². The van der Waals surface area contributed by atoms with E-state index in [0.717, 1.165) is 13.2 Å². The van der Waals surface area contributed by atoms with Crippen LogP contribution in [-0.4, -0.2) is 18.8 Å². The fourth-order valence-corrected chi connectivity index (χ4v) is 0.510. The molecule has 1 fully saturated rings. The summed E-state index contributed by atoms with van der Waals surface area (Å²) < 4.78 is 4.94. The second-order valence-electron chi connectivity index (χ2n) is 3.60. The van der Waals surface area contributed by atoms with Crippen LogP contribution in [0.25, 0.3) is 4.85 Å². The average Bonchev–Trinajstić information content (AvgIpc) is 2.41. The molecule has 0 aromatic carbocycles. The van der Waals surface area contributed by atoms with Gasteiger partial charge in [-0.2, -0.15) is 0 Å². The monoisotopic (exact) mass is 155 g/mol. The number of nitrogens with zero attached hydrogens (tertiary/aromatic N) is 1. The van der Waals surface area contributed by atoms with Gasteiger partial charge in [0.1, 0.15) is 0 Å². The lowest BCUT2D eigenvalue weighted by Gasteiger charge is -1.97. The number of hydrogen-bond donors (Lipinski definition) is 0. The van der Waals surface area contributed by atoms with Gasteiger partial charge < -0.3 is 9.58 Å². The second-order valence-corrected chi connectivity index (χ2v) is 3.60. The minimum Gasteiger partial charge on any atom is -0.381 e. The SMILES string of the molecule is C1CCOC1.[C-]#[N+]C(C)(C)C. The number of rotatable bonds is 0. The zero-order valence-corrected chi connectivity index (χ0v) is 7.68. The van der Waals surface area contributed by atoms with Gasteiger partial charge in [0.2, 0.25) is 5.54 Å². The Hall–Kier alpha value is -0.550. The highest BCUT2D eigenvalue weighted by Gasteiger charge is 2.10. The summed E-state index contributed by atoms with van der Waals surface area (Å²) in [6, 6.07) is 0. The molecule has 1 rings (SSSR count). The van der Waals surface area contributed by atoms with Gasteiger partial charge in [-0.1, -0.05) is 0 Å². The molecule has 1 heterocycles. The third kappa shape index (κ3) is 9.45. The topological polar surface area (TPSA) is 13.6 Å². The Morgan fingerprint density at radius 2 is 1.55 bits per heavy atom. The van der Waals surface area contributed by atoms with E-state index in [1.54, 1.807) is 0 Å². The lowest BCUT2D eigenvalue weighted by atomic mass is 10.1. The van der Waals surface area contributed by atoms with Crippen LogP contribution < -0.4 is 0 Å². The fourth-order valence-electron chi connectivity index (χ4n) is 0.510. The number of hydrogen-bond acceptors (Lipinski definition) is 1. The van der Waals surface area contributed by atoms with Crippen molar-refractivity contribution in [2.45, 2.75) is 39.2 Å². The third-order valence-electron chi connectivity index (χ3n) is 1.16. The molecule has 1 aliphatic rings. The molecular formula is C9H17NO. The molecule has 2 heteroatoms. The molecule has 0 aliphatic carbocycles. The van der Waals surface area contributed by atoms with E-state index >= 15 is 0 Å². The lowest BCUT2D eigenvalue weighted by Crippen LogP contribution is -2.04. The van der Waals surface area contributed by atoms with Crippen LogP contribution in [0, 0.1) is 6.57 Å². The van der Waals surface area contributed by atoms with Crippen LogP contribution in [0.4, 0.5) is 0 Å². The van der Waals surface area contributed by atoms with Gasteiger partial charge in [0, 0.05) is 34.0 Å². The highest BCUT2D eigenvalue weighted by atomic mass is 16.5. The first-order chi connectivity index (χ1) is 5.06. The summed E-state index contributed by atoms with van der Waals surface area (Å²) >= 11 is 0. The van der Waals surface area contributed by atoms with Crippen LogP contribution >= 0.6 is 0 Å². The molecule has 0 aromatic heterocycles. The maximum absolute atomic E-state index is 6.48. The van der Waals surface area contributed by atoms with Crippen molar-refractivity contribution in [1.82, 2.24) is 0 Å². The molecule has 0 atom stereocenters. The molecule has 0 spiro atoms. The van der Waals surface area contributed by atoms with Crippen LogP contribution in [0.5, 0.6) is 0 Å². The zero-order valence-electron chi connectivity index (χ0n) is 7.68. The van der Waals surface area contributed by atoms with E-state index in [2.05, 4.69) is 4.85 Å². The van der Waals surface area contributed by atoms with Crippen molar-refractivity contribution in [2.24, 2.45) is 0 Å². The summed E-state index contributed by atoms with van der Waals surface area (Å²) in [6.45, 7) is 14.1. The van der Waals surface area contributed by atoms with E-state index in [0.29, 0.717) is 0 Å². The Balaban J connectivity index is 0.000000183. The highest BCUT2D eigenvalue weighted by Crippen LogP contribution is 2.03. The van der Waals surface area contributed by atoms with Gasteiger partial charge in [-0.05, 0) is 12.8 Å². The highest BCUT2D eigenvalue weighted by molar-refractivity contribution is 4.82. The Labute approximate surface area is 69.4 Å². The van der Waals surface area contributed by atoms with Crippen LogP contribution in [0.15, 0.2) is 0 Å². The van der Waals surface area contributed by atoms with Crippen LogP contribution in [0.3, 0.4) is 0 Å². The summed E-state index contributed by atoms with van der Waals surface area (Å²) in [5.41, 5.74) is -0.167. The first-order valence-electron chi connectivity index (χ1n) is 4.02. The maximum atomic E-state index is 6.48. The molecule has 2 nitrogen and oxygen atoms in total. The summed E-state index contributed by atoms with van der Waals surface area (Å²) in [5, 5.41) is 0. The first kappa shape index (κ1) is 10.4. The van der Waals surface area contributed by atoms with E-state index in [1.165, 1.54) is 12.8 Å². The number of ether oxygens (including phenoxy) is 1. The van der Waals surface area contributed by atoms with Crippen molar-refractivity contribution in [3.63, 3.8) is 0 Å². The largest absolute Gasteiger partial charge is 0.381 e. The van der Waals surface area contributed by atoms with E-state index in [-0.39, 0.29) is 5.54 Å². The maximum Gasteiger partial charge on any atom is 0.224 e. The molecular weight excluding hydrogens is 138 g/mol. The van der Waals surface area contributed by atoms with Gasteiger partial charge in [-0.15, -0.1) is 0 Å². The Kier molecular flexibility index (Phi) is 4.89. The summed E-state index contributed by atoms with van der Waals surface area (Å²) in [5.74, 6) is 0. The zero-order chi connectivity index (χ0) is 8.74. The van der Waals surface area contributed by atoms with Gasteiger partial charge >= 0.3 is 0 Å². The van der Waals surface area contributed by atoms with E-state index in [9.17, 15) is 0 Å². The molecule has 64 valence electrons. The summed E-state index contributed by atoms with van der Waals surface area (Å²) in [4.78, 5) is 3.27. The second kappa shape index (κ2) is 5.15. The van der Waals surface area contributed by atoms with Crippen molar-refractivity contribution in [2.75, 3.05) is 13.2 Å². The lowest BCUT2D eigenvalue weighted by molar-refractivity contribution is 0.198. The standard InChI is InChI=1S/C5H9N.C4H8O/c1-5(2,3)6-4;1-2-4-5-3-1/h1-3H3;1-4H2. The van der Waals surface area contributed by atoms with Crippen molar-refractivity contribution in [3.8, 4) is 0 Å². The third-order valence-corrected chi connectivity index (χ3v) is 1.16. The van der Waals surface area contributed by atoms with Gasteiger partial charge in [-0.3, -0.25) is 0 Å². The van der Waals surface area contributed by atoms with Crippen molar-refractivity contribution in [1.29, 1.82) is 0 Å². The molecule has 11 heavy (non-hydrogen) atoms. The molecule has 0 saturated carbocycles. The van der Waals surface area contributed by atoms with Crippen LogP contribution in [0.2, 0.25) is 0 Å². The van der Waals surface area contributed by atoms with E-state index in [4.69, 9.17) is 11.3 Å². The summed E-state index contributed by atoms with van der Waals surface area (Å²) in [6.07, 6.45) is 2.56. The molecule has 0 aromatic rings. The fraction of sp³-hybridized carbons (Fsp3) is 0.889. The predicted molar refractivity (Wildman–Crippen MR) is 46.4 cm³/mol. The molecule has 0 amide bonds. The quantitative estimate of drug-likeness (QED) is 0.490. The van der Waals surface area contributed by atoms with Crippen LogP contribution in [0.1, 0.15) is 33.6 Å². The summed E-state index contributed by atoms with van der Waals surface area (Å²) in [7, 11) is 0. The molecule has 1 saturated heterocycles. The van der Waals surface area contributed by atoms with Crippen LogP contribution in [-0.2, 0) is 4.74 Å². The first-order valence-corrected chi connectivity index (χ1v) is 4.02. The average molecular weight is 155 g/mol. The van der Waals surface area contributed by atoms with Crippen molar-refractivity contribution in [3.05, 3.63) is 11.4 Å². The minimum atomic E-state index is -0.167. The Morgan fingerprint density at radius 1 is 1.18 bits per heavy atom. The predicted octanol–water partition coefficient (Wildman–Crippen LogP) is 2.50. The van der Waals surface area contributed by atoms with E-state index in [1.807, 2.05) is 20.8 Å². The minimum absolute atomic E-state index is 0.167. The Morgan fingerprint density at radius 3 is 1.64 bits per heavy atom. The smallest absolute Gasteiger partial charge is 0.224 e. The molecule has 0 N–H and O–H groups in total.